The molecular formula is C34H45FN4O5Si. The number of halogens is 1. The number of aliphatic hydroxyl groups excluding tert-OH is 1. The van der Waals surface area contributed by atoms with Crippen LogP contribution >= 0.6 is 0 Å². The molecule has 45 heavy (non-hydrogen) atoms. The van der Waals surface area contributed by atoms with Crippen molar-refractivity contribution in [3.8, 4) is 0 Å². The topological polar surface area (TPSA) is 111 Å². The standard InChI is InChI=1S/C34H45FN4O5Si/c1-22-31(45(2,3)35)29(18-30(41)38-17-7-9-26(38)21-40)44-34(22)27-10-4-5-11-28(27)39(33(34)43)20-23-12-14-25(15-13-23)37-32(42)24-8-6-16-36-19-24/h4-5,10-15,22,24,26,29,31,36,40H,6-9,16-21H2,1-3H3,(H,37,42)/t22-,24?,26+,29+,31-,34+/m1/s1. The maximum atomic E-state index is 16.1. The Balaban J connectivity index is 1.24. The van der Waals surface area contributed by atoms with Gasteiger partial charge >= 0.3 is 0 Å². The van der Waals surface area contributed by atoms with E-state index in [2.05, 4.69) is 10.6 Å². The zero-order chi connectivity index (χ0) is 31.9. The van der Waals surface area contributed by atoms with Gasteiger partial charge in [0.05, 0.1) is 43.3 Å². The summed E-state index contributed by atoms with van der Waals surface area (Å²) in [5.74, 6) is -0.933. The van der Waals surface area contributed by atoms with Crippen molar-refractivity contribution in [2.24, 2.45) is 11.8 Å². The summed E-state index contributed by atoms with van der Waals surface area (Å²) in [5, 5.41) is 16.1. The number of hydrogen-bond donors (Lipinski definition) is 3. The van der Waals surface area contributed by atoms with E-state index in [0.717, 1.165) is 43.5 Å². The van der Waals surface area contributed by atoms with E-state index >= 15 is 4.11 Å². The van der Waals surface area contributed by atoms with Gasteiger partial charge in [-0.3, -0.25) is 14.4 Å². The van der Waals surface area contributed by atoms with Gasteiger partial charge in [-0.05, 0) is 69.1 Å². The molecule has 2 aromatic rings. The van der Waals surface area contributed by atoms with E-state index < -0.39 is 31.6 Å². The Morgan fingerprint density at radius 1 is 1.13 bits per heavy atom. The number of nitrogens with one attached hydrogen (secondary N) is 2. The fourth-order valence-corrected chi connectivity index (χ4v) is 10.7. The average molecular weight is 637 g/mol. The molecule has 2 aromatic carbocycles. The first-order valence-electron chi connectivity index (χ1n) is 16.3. The van der Waals surface area contributed by atoms with E-state index in [1.54, 1.807) is 22.9 Å². The molecule has 3 saturated heterocycles. The van der Waals surface area contributed by atoms with Crippen molar-refractivity contribution in [1.82, 2.24) is 10.2 Å². The molecule has 3 fully saturated rings. The summed E-state index contributed by atoms with van der Waals surface area (Å²) < 4.78 is 22.9. The van der Waals surface area contributed by atoms with Crippen LogP contribution in [0.5, 0.6) is 0 Å². The van der Waals surface area contributed by atoms with Crippen LogP contribution in [0.15, 0.2) is 48.5 Å². The zero-order valence-corrected chi connectivity index (χ0v) is 27.4. The normalized spacial score (nSPS) is 29.8. The molecule has 6 atom stereocenters. The van der Waals surface area contributed by atoms with Gasteiger partial charge in [0, 0.05) is 35.8 Å². The zero-order valence-electron chi connectivity index (χ0n) is 26.4. The number of hydrogen-bond acceptors (Lipinski definition) is 6. The summed E-state index contributed by atoms with van der Waals surface area (Å²) >= 11 is 0. The van der Waals surface area contributed by atoms with Crippen LogP contribution in [0, 0.1) is 11.8 Å². The van der Waals surface area contributed by atoms with Gasteiger partial charge in [-0.25, -0.2) is 0 Å². The Hall–Kier alpha value is -3.12. The smallest absolute Gasteiger partial charge is 0.264 e. The van der Waals surface area contributed by atoms with Crippen LogP contribution < -0.4 is 15.5 Å². The first-order valence-corrected chi connectivity index (χ1v) is 19.3. The van der Waals surface area contributed by atoms with Crippen LogP contribution in [0.3, 0.4) is 0 Å². The maximum absolute atomic E-state index is 16.1. The van der Waals surface area contributed by atoms with Crippen molar-refractivity contribution in [1.29, 1.82) is 0 Å². The molecule has 1 unspecified atom stereocenters. The third-order valence-electron chi connectivity index (χ3n) is 10.4. The van der Waals surface area contributed by atoms with Crippen molar-refractivity contribution >= 4 is 37.5 Å². The second kappa shape index (κ2) is 12.6. The molecule has 0 saturated carbocycles. The lowest BCUT2D eigenvalue weighted by Gasteiger charge is -2.31. The Morgan fingerprint density at radius 3 is 2.58 bits per heavy atom. The van der Waals surface area contributed by atoms with Crippen molar-refractivity contribution in [2.75, 3.05) is 36.5 Å². The number of fused-ring (bicyclic) bond motifs is 2. The van der Waals surface area contributed by atoms with E-state index in [1.807, 2.05) is 55.5 Å². The van der Waals surface area contributed by atoms with Crippen LogP contribution in [0.4, 0.5) is 15.5 Å². The molecule has 4 aliphatic rings. The number of piperidine rings is 1. The largest absolute Gasteiger partial charge is 0.394 e. The number of amides is 3. The van der Waals surface area contributed by atoms with Crippen molar-refractivity contribution in [3.05, 3.63) is 59.7 Å². The summed E-state index contributed by atoms with van der Waals surface area (Å²) in [7, 11) is -3.41. The minimum atomic E-state index is -3.41. The number of nitrogens with zero attached hydrogens (tertiary/aromatic N) is 2. The number of carbonyl (C=O) groups is 3. The van der Waals surface area contributed by atoms with Gasteiger partial charge in [0.2, 0.25) is 20.2 Å². The summed E-state index contributed by atoms with van der Waals surface area (Å²) in [4.78, 5) is 44.1. The molecule has 242 valence electrons. The summed E-state index contributed by atoms with van der Waals surface area (Å²) in [6.07, 6.45) is 2.65. The van der Waals surface area contributed by atoms with Gasteiger partial charge in [0.1, 0.15) is 0 Å². The average Bonchev–Trinajstić information content (AvgIpc) is 3.69. The van der Waals surface area contributed by atoms with Gasteiger partial charge in [-0.2, -0.15) is 0 Å². The SMILES string of the molecule is C[C@@H]1[C@@H]([Si](C)(C)F)[C@H](CC(=O)N2CCC[C@H]2CO)O[C@@]12C(=O)N(Cc1ccc(NC(=O)C3CCCNC3)cc1)c1ccccc12. The molecule has 9 nitrogen and oxygen atoms in total. The van der Waals surface area contributed by atoms with E-state index in [-0.39, 0.29) is 49.3 Å². The number of para-hydroxylation sites is 1. The van der Waals surface area contributed by atoms with Crippen LogP contribution in [-0.2, 0) is 31.3 Å². The number of rotatable bonds is 8. The number of benzene rings is 2. The summed E-state index contributed by atoms with van der Waals surface area (Å²) in [6, 6.07) is 14.8. The number of carbonyl (C=O) groups excluding carboxylic acids is 3. The molecule has 4 heterocycles. The third-order valence-corrected chi connectivity index (χ3v) is 12.8. The van der Waals surface area contributed by atoms with Gasteiger partial charge < -0.3 is 34.4 Å². The quantitative estimate of drug-likeness (QED) is 0.294. The lowest BCUT2D eigenvalue weighted by molar-refractivity contribution is -0.150. The molecule has 0 aromatic heterocycles. The van der Waals surface area contributed by atoms with Gasteiger partial charge in [0.25, 0.3) is 5.91 Å². The molecule has 6 rings (SSSR count). The van der Waals surface area contributed by atoms with Crippen LogP contribution in [0.1, 0.15) is 50.2 Å². The molecule has 3 N–H and O–H groups in total. The summed E-state index contributed by atoms with van der Waals surface area (Å²) in [6.45, 7) is 7.53. The molecule has 4 aliphatic heterocycles. The maximum Gasteiger partial charge on any atom is 0.264 e. The predicted octanol–water partition coefficient (Wildman–Crippen LogP) is 4.32. The number of ether oxygens (including phenoxy) is 1. The second-order valence-electron chi connectivity index (χ2n) is 13.7. The number of likely N-dealkylation sites (tertiary alicyclic amines) is 1. The molecular weight excluding hydrogens is 591 g/mol. The van der Waals surface area contributed by atoms with E-state index in [1.165, 1.54) is 0 Å². The molecule has 11 heteroatoms. The Kier molecular flexibility index (Phi) is 8.90. The van der Waals surface area contributed by atoms with Crippen molar-refractivity contribution in [2.45, 2.75) is 82.0 Å². The third kappa shape index (κ3) is 5.84. The van der Waals surface area contributed by atoms with E-state index in [4.69, 9.17) is 4.74 Å². The van der Waals surface area contributed by atoms with E-state index in [9.17, 15) is 19.5 Å². The fraction of sp³-hybridized carbons (Fsp3) is 0.559. The van der Waals surface area contributed by atoms with Gasteiger partial charge in [0.15, 0.2) is 5.60 Å². The second-order valence-corrected chi connectivity index (χ2v) is 17.5. The lowest BCUT2D eigenvalue weighted by atomic mass is 9.82. The molecule has 0 aliphatic carbocycles. The van der Waals surface area contributed by atoms with Crippen LogP contribution in [0.2, 0.25) is 18.6 Å². The van der Waals surface area contributed by atoms with Gasteiger partial charge in [-0.15, -0.1) is 0 Å². The Labute approximate surface area is 265 Å². The highest BCUT2D eigenvalue weighted by Gasteiger charge is 2.67. The molecule has 1 spiro atoms. The van der Waals surface area contributed by atoms with Crippen molar-refractivity contribution in [3.63, 3.8) is 0 Å². The predicted molar refractivity (Wildman–Crippen MR) is 173 cm³/mol. The molecule has 0 bridgehead atoms. The van der Waals surface area contributed by atoms with Crippen LogP contribution in [-0.4, -0.2) is 74.5 Å². The number of aliphatic hydroxyl groups is 1. The molecule has 3 amide bonds. The number of anilines is 2. The molecule has 0 radical (unpaired) electrons. The van der Waals surface area contributed by atoms with Crippen molar-refractivity contribution < 1.29 is 28.3 Å². The fourth-order valence-electron chi connectivity index (χ4n) is 8.20. The first-order chi connectivity index (χ1) is 21.5. The first kappa shape index (κ1) is 31.8. The Bertz CT molecular complexity index is 1430. The minimum absolute atomic E-state index is 0.00597. The van der Waals surface area contributed by atoms with Crippen LogP contribution in [0.25, 0.3) is 0 Å². The highest BCUT2D eigenvalue weighted by atomic mass is 28.4. The summed E-state index contributed by atoms with van der Waals surface area (Å²) in [5.41, 5.74) is 1.05. The Morgan fingerprint density at radius 2 is 1.89 bits per heavy atom. The lowest BCUT2D eigenvalue weighted by Crippen LogP contribution is -2.45. The van der Waals surface area contributed by atoms with E-state index in [0.29, 0.717) is 24.3 Å². The highest BCUT2D eigenvalue weighted by molar-refractivity contribution is 6.72. The monoisotopic (exact) mass is 636 g/mol. The van der Waals surface area contributed by atoms with Gasteiger partial charge in [-0.1, -0.05) is 37.3 Å². The minimum Gasteiger partial charge on any atom is -0.394 e. The highest BCUT2D eigenvalue weighted by Crippen LogP contribution is 2.60.